The van der Waals surface area contributed by atoms with Gasteiger partial charge in [0.05, 0.1) is 16.1 Å². The summed E-state index contributed by atoms with van der Waals surface area (Å²) in [6, 6.07) is 9.60. The van der Waals surface area contributed by atoms with E-state index in [0.29, 0.717) is 47.2 Å². The number of piperazine rings is 1. The molecular weight excluding hydrogens is 492 g/mol. The molecule has 10 heteroatoms. The molecule has 37 heavy (non-hydrogen) atoms. The summed E-state index contributed by atoms with van der Waals surface area (Å²) in [6.07, 6.45) is 2.74. The Kier molecular flexibility index (Phi) is 7.35. The van der Waals surface area contributed by atoms with E-state index in [1.54, 1.807) is 11.0 Å². The zero-order chi connectivity index (χ0) is 26.1. The lowest BCUT2D eigenvalue weighted by Crippen LogP contribution is -2.52. The molecule has 3 aromatic rings. The molecule has 0 saturated carbocycles. The number of fused-ring (bicyclic) bond motifs is 1. The minimum absolute atomic E-state index is 0.0749. The average molecular weight is 525 g/mol. The molecular formula is C27H33ClN6O3. The van der Waals surface area contributed by atoms with Crippen LogP contribution in [0, 0.1) is 0 Å². The van der Waals surface area contributed by atoms with Crippen LogP contribution in [-0.4, -0.2) is 64.3 Å². The summed E-state index contributed by atoms with van der Waals surface area (Å²) in [5.74, 6) is 0.719. The van der Waals surface area contributed by atoms with Crippen LogP contribution in [0.3, 0.4) is 0 Å². The van der Waals surface area contributed by atoms with Crippen LogP contribution in [0.25, 0.3) is 16.7 Å². The van der Waals surface area contributed by atoms with Crippen molar-refractivity contribution in [3.63, 3.8) is 0 Å². The molecule has 0 aliphatic carbocycles. The van der Waals surface area contributed by atoms with E-state index >= 15 is 0 Å². The van der Waals surface area contributed by atoms with Crippen LogP contribution in [0.2, 0.25) is 5.02 Å². The third kappa shape index (κ3) is 5.15. The molecule has 1 amide bonds. The summed E-state index contributed by atoms with van der Waals surface area (Å²) in [5, 5.41) is 4.16. The maximum absolute atomic E-state index is 13.6. The molecule has 0 spiro atoms. The van der Waals surface area contributed by atoms with Gasteiger partial charge in [-0.2, -0.15) is 4.98 Å². The van der Waals surface area contributed by atoms with Gasteiger partial charge >= 0.3 is 11.8 Å². The fourth-order valence-corrected chi connectivity index (χ4v) is 5.40. The fourth-order valence-electron chi connectivity index (χ4n) is 5.13. The third-order valence-electron chi connectivity index (χ3n) is 7.03. The standard InChI is InChI=1S/C27H33ClN6O3/c1-17(2)19-9-5-6-10-22(19)34-23-20(15-21(28)24(30-23)32-12-7-4-8-13-32)25(31-26(34)35)37-27(36)33-14-11-29-18(3)16-33/h5-6,9-10,15,17-18,29H,4,7-8,11-14,16H2,1-3H3. The molecule has 2 aliphatic rings. The molecule has 196 valence electrons. The number of pyridine rings is 1. The van der Waals surface area contributed by atoms with E-state index in [0.717, 1.165) is 31.5 Å². The monoisotopic (exact) mass is 524 g/mol. The number of hydrogen-bond acceptors (Lipinski definition) is 7. The van der Waals surface area contributed by atoms with E-state index in [1.165, 1.54) is 11.0 Å². The Morgan fingerprint density at radius 2 is 1.89 bits per heavy atom. The number of benzene rings is 1. The number of halogens is 1. The highest BCUT2D eigenvalue weighted by molar-refractivity contribution is 6.33. The normalized spacial score (nSPS) is 18.5. The Bertz CT molecular complexity index is 1370. The minimum atomic E-state index is -0.559. The molecule has 1 N–H and O–H groups in total. The van der Waals surface area contributed by atoms with Crippen LogP contribution in [0.15, 0.2) is 35.1 Å². The summed E-state index contributed by atoms with van der Waals surface area (Å²) in [4.78, 5) is 39.5. The number of piperidine rings is 1. The van der Waals surface area contributed by atoms with Crippen LogP contribution in [-0.2, 0) is 0 Å². The molecule has 1 aromatic carbocycles. The summed E-state index contributed by atoms with van der Waals surface area (Å²) in [7, 11) is 0. The molecule has 2 aromatic heterocycles. The van der Waals surface area contributed by atoms with Gasteiger partial charge in [0.25, 0.3) is 0 Å². The first-order valence-corrected chi connectivity index (χ1v) is 13.4. The van der Waals surface area contributed by atoms with E-state index in [2.05, 4.69) is 29.0 Å². The van der Waals surface area contributed by atoms with Crippen molar-refractivity contribution in [1.82, 2.24) is 24.8 Å². The topological polar surface area (TPSA) is 92.6 Å². The Labute approximate surface area is 221 Å². The lowest BCUT2D eigenvalue weighted by atomic mass is 10.0. The molecule has 1 atom stereocenters. The number of aromatic nitrogens is 3. The molecule has 0 radical (unpaired) electrons. The predicted octanol–water partition coefficient (Wildman–Crippen LogP) is 4.34. The fraction of sp³-hybridized carbons (Fsp3) is 0.481. The van der Waals surface area contributed by atoms with Crippen molar-refractivity contribution in [2.45, 2.75) is 52.0 Å². The average Bonchev–Trinajstić information content (AvgIpc) is 2.89. The predicted molar refractivity (Wildman–Crippen MR) is 145 cm³/mol. The van der Waals surface area contributed by atoms with Gasteiger partial charge in [-0.25, -0.2) is 19.1 Å². The summed E-state index contributed by atoms with van der Waals surface area (Å²) in [6.45, 7) is 9.54. The van der Waals surface area contributed by atoms with Crippen molar-refractivity contribution in [3.05, 3.63) is 51.4 Å². The first kappa shape index (κ1) is 25.5. The van der Waals surface area contributed by atoms with E-state index in [4.69, 9.17) is 21.3 Å². The lowest BCUT2D eigenvalue weighted by molar-refractivity contribution is 0.136. The van der Waals surface area contributed by atoms with Gasteiger partial charge in [0.1, 0.15) is 5.82 Å². The number of carbonyl (C=O) groups excluding carboxylic acids is 1. The first-order valence-electron chi connectivity index (χ1n) is 13.0. The van der Waals surface area contributed by atoms with Crippen LogP contribution < -0.4 is 20.6 Å². The summed E-state index contributed by atoms with van der Waals surface area (Å²) < 4.78 is 7.24. The van der Waals surface area contributed by atoms with Crippen molar-refractivity contribution in [3.8, 4) is 11.6 Å². The summed E-state index contributed by atoms with van der Waals surface area (Å²) in [5.41, 5.74) is 1.50. The smallest absolute Gasteiger partial charge is 0.390 e. The molecule has 2 saturated heterocycles. The van der Waals surface area contributed by atoms with Crippen LogP contribution in [0.5, 0.6) is 5.88 Å². The largest absolute Gasteiger partial charge is 0.416 e. The van der Waals surface area contributed by atoms with Crippen molar-refractivity contribution in [1.29, 1.82) is 0 Å². The summed E-state index contributed by atoms with van der Waals surface area (Å²) >= 11 is 6.75. The highest BCUT2D eigenvalue weighted by atomic mass is 35.5. The van der Waals surface area contributed by atoms with Gasteiger partial charge < -0.3 is 19.9 Å². The SMILES string of the molecule is CC1CN(C(=O)Oc2nc(=O)n(-c3ccccc3C(C)C)c3nc(N4CCCCC4)c(Cl)cc23)CCN1. The number of nitrogens with one attached hydrogen (secondary N) is 1. The molecule has 1 unspecified atom stereocenters. The van der Waals surface area contributed by atoms with Gasteiger partial charge in [-0.1, -0.05) is 43.6 Å². The first-order chi connectivity index (χ1) is 17.8. The van der Waals surface area contributed by atoms with Crippen molar-refractivity contribution in [2.75, 3.05) is 37.6 Å². The number of para-hydroxylation sites is 1. The second kappa shape index (κ2) is 10.7. The molecule has 9 nitrogen and oxygen atoms in total. The zero-order valence-corrected chi connectivity index (χ0v) is 22.3. The Balaban J connectivity index is 1.68. The number of hydrogen-bond donors (Lipinski definition) is 1. The van der Waals surface area contributed by atoms with Crippen molar-refractivity contribution in [2.24, 2.45) is 0 Å². The van der Waals surface area contributed by atoms with E-state index in [-0.39, 0.29) is 17.8 Å². The van der Waals surface area contributed by atoms with E-state index in [1.807, 2.05) is 31.2 Å². The van der Waals surface area contributed by atoms with Crippen LogP contribution >= 0.6 is 11.6 Å². The van der Waals surface area contributed by atoms with E-state index in [9.17, 15) is 9.59 Å². The van der Waals surface area contributed by atoms with Gasteiger partial charge in [-0.05, 0) is 49.8 Å². The lowest BCUT2D eigenvalue weighted by Gasteiger charge is -2.31. The third-order valence-corrected chi connectivity index (χ3v) is 7.31. The Morgan fingerprint density at radius 1 is 1.14 bits per heavy atom. The maximum atomic E-state index is 13.6. The van der Waals surface area contributed by atoms with Crippen molar-refractivity contribution < 1.29 is 9.53 Å². The second-order valence-electron chi connectivity index (χ2n) is 10.1. The Morgan fingerprint density at radius 3 is 2.62 bits per heavy atom. The quantitative estimate of drug-likeness (QED) is 0.542. The van der Waals surface area contributed by atoms with Gasteiger partial charge in [0.15, 0.2) is 5.65 Å². The van der Waals surface area contributed by atoms with Gasteiger partial charge in [0.2, 0.25) is 5.88 Å². The van der Waals surface area contributed by atoms with Crippen LogP contribution in [0.4, 0.5) is 10.6 Å². The maximum Gasteiger partial charge on any atom is 0.416 e. The molecule has 0 bridgehead atoms. The minimum Gasteiger partial charge on any atom is -0.390 e. The van der Waals surface area contributed by atoms with Crippen LogP contribution in [0.1, 0.15) is 51.5 Å². The van der Waals surface area contributed by atoms with Gasteiger partial charge in [0, 0.05) is 38.8 Å². The second-order valence-corrected chi connectivity index (χ2v) is 10.5. The highest BCUT2D eigenvalue weighted by Gasteiger charge is 2.26. The van der Waals surface area contributed by atoms with E-state index < -0.39 is 11.8 Å². The number of ether oxygens (including phenoxy) is 1. The highest BCUT2D eigenvalue weighted by Crippen LogP contribution is 2.34. The number of carbonyl (C=O) groups is 1. The number of amides is 1. The number of nitrogens with zero attached hydrogens (tertiary/aromatic N) is 5. The molecule has 5 rings (SSSR count). The Hall–Kier alpha value is -3.17. The van der Waals surface area contributed by atoms with Gasteiger partial charge in [-0.3, -0.25) is 0 Å². The number of rotatable bonds is 4. The molecule has 2 aliphatic heterocycles. The molecule has 4 heterocycles. The van der Waals surface area contributed by atoms with Gasteiger partial charge in [-0.15, -0.1) is 0 Å². The molecule has 2 fully saturated rings. The zero-order valence-electron chi connectivity index (χ0n) is 21.5. The van der Waals surface area contributed by atoms with Crippen molar-refractivity contribution >= 4 is 34.5 Å². The number of anilines is 1.